The molecule has 0 aliphatic rings. The highest BCUT2D eigenvalue weighted by molar-refractivity contribution is 14.3. The Morgan fingerprint density at radius 2 is 2.00 bits per heavy atom. The molecule has 3 nitrogen and oxygen atoms in total. The summed E-state index contributed by atoms with van der Waals surface area (Å²) >= 11 is 5.63. The van der Waals surface area contributed by atoms with Crippen molar-refractivity contribution in [3.8, 4) is 0 Å². The average molecular weight is 502 g/mol. The van der Waals surface area contributed by atoms with Crippen molar-refractivity contribution >= 4 is 75.4 Å². The minimum Gasteiger partial charge on any atom is -0.322 e. The van der Waals surface area contributed by atoms with E-state index in [0.29, 0.717) is 0 Å². The highest BCUT2D eigenvalue weighted by Crippen LogP contribution is 2.66. The van der Waals surface area contributed by atoms with Gasteiger partial charge in [0.2, 0.25) is -0.824 Å². The molecule has 10 heavy (non-hydrogen) atoms. The van der Waals surface area contributed by atoms with Crippen LogP contribution in [0.15, 0.2) is 0 Å². The van der Waals surface area contributed by atoms with Crippen LogP contribution in [0.1, 0.15) is 6.92 Å². The molecule has 0 spiro atoms. The van der Waals surface area contributed by atoms with Gasteiger partial charge in [-0.15, -0.1) is 0 Å². The predicted molar refractivity (Wildman–Crippen MR) is 66.2 cm³/mol. The predicted octanol–water partition coefficient (Wildman–Crippen LogP) is 3.12. The van der Waals surface area contributed by atoms with Crippen molar-refractivity contribution in [2.24, 2.45) is 0 Å². The molecule has 1 atom stereocenters. The Hall–Kier alpha value is 2.34. The minimum absolute atomic E-state index is 0.268. The van der Waals surface area contributed by atoms with Crippen LogP contribution in [0, 0.1) is 0 Å². The van der Waals surface area contributed by atoms with E-state index in [0.717, 1.165) is 0 Å². The van der Waals surface area contributed by atoms with Crippen LogP contribution >= 0.6 is 75.4 Å². The summed E-state index contributed by atoms with van der Waals surface area (Å²) in [5, 5.41) is 0. The number of hydrogen-bond donors (Lipinski definition) is 1. The molecule has 0 aromatic carbocycles. The maximum absolute atomic E-state index is 11.1. The van der Waals surface area contributed by atoms with Crippen molar-refractivity contribution in [3.63, 3.8) is 0 Å². The smallest absolute Gasteiger partial charge is 0.322 e. The number of halogens is 3. The molecule has 0 aromatic rings. The van der Waals surface area contributed by atoms with Crippen LogP contribution in [0.2, 0.25) is 0 Å². The van der Waals surface area contributed by atoms with Gasteiger partial charge in [-0.1, -0.05) is 0 Å². The summed E-state index contributed by atoms with van der Waals surface area (Å²) in [5.41, 5.74) is 0. The third-order valence-corrected chi connectivity index (χ3v) is 7.36. The van der Waals surface area contributed by atoms with E-state index in [4.69, 9.17) is 4.89 Å². The van der Waals surface area contributed by atoms with Crippen molar-refractivity contribution in [1.29, 1.82) is 0 Å². The van der Waals surface area contributed by atoms with Crippen LogP contribution in [0.4, 0.5) is 0 Å². The second kappa shape index (κ2) is 4.54. The summed E-state index contributed by atoms with van der Waals surface area (Å²) in [6.07, 6.45) is 0. The van der Waals surface area contributed by atoms with Crippen LogP contribution in [-0.2, 0) is 9.09 Å². The largest absolute Gasteiger partial charge is 0.363 e. The van der Waals surface area contributed by atoms with E-state index in [9.17, 15) is 4.57 Å². The maximum atomic E-state index is 11.1. The molecule has 0 saturated heterocycles. The van der Waals surface area contributed by atoms with E-state index in [1.54, 1.807) is 6.92 Å². The van der Waals surface area contributed by atoms with E-state index >= 15 is 0 Å². The zero-order valence-electron chi connectivity index (χ0n) is 5.05. The normalized spacial score (nSPS) is 18.5. The van der Waals surface area contributed by atoms with Crippen molar-refractivity contribution in [2.75, 3.05) is 6.61 Å². The molecule has 0 amide bonds. The van der Waals surface area contributed by atoms with E-state index in [-0.39, 0.29) is 6.61 Å². The molecule has 0 saturated carbocycles. The van der Waals surface area contributed by atoms with Gasteiger partial charge in [-0.2, -0.15) is 0 Å². The SMILES string of the molecule is CCOP(=O)(O)C(I)(I)I. The van der Waals surface area contributed by atoms with Crippen molar-refractivity contribution in [2.45, 2.75) is 6.10 Å². The Kier molecular flexibility index (Phi) is 5.60. The zero-order chi connectivity index (χ0) is 8.41. The van der Waals surface area contributed by atoms with Gasteiger partial charge in [0, 0.05) is 0 Å². The quantitative estimate of drug-likeness (QED) is 0.367. The molecule has 0 heterocycles. The van der Waals surface area contributed by atoms with Gasteiger partial charge in [-0.25, -0.2) is 0 Å². The maximum Gasteiger partial charge on any atom is 0.363 e. The van der Waals surface area contributed by atoms with E-state index < -0.39 is 6.77 Å². The van der Waals surface area contributed by atoms with Crippen molar-refractivity contribution < 1.29 is 14.0 Å². The fraction of sp³-hybridized carbons (Fsp3) is 1.00. The average Bonchev–Trinajstić information content (AvgIpc) is 1.61. The Morgan fingerprint density at radius 1 is 1.60 bits per heavy atom. The topological polar surface area (TPSA) is 46.5 Å². The second-order valence-electron chi connectivity index (χ2n) is 1.41. The number of hydrogen-bond acceptors (Lipinski definition) is 2. The Bertz CT molecular complexity index is 154. The lowest BCUT2D eigenvalue weighted by molar-refractivity contribution is 0.277. The lowest BCUT2D eigenvalue weighted by atomic mass is 10.9. The van der Waals surface area contributed by atoms with Crippen molar-refractivity contribution in [3.05, 3.63) is 0 Å². The first-order valence-electron chi connectivity index (χ1n) is 2.35. The van der Waals surface area contributed by atoms with Gasteiger partial charge < -0.3 is 9.42 Å². The molecule has 0 fully saturated rings. The summed E-state index contributed by atoms with van der Waals surface area (Å²) in [5.74, 6) is 0. The molecule has 7 heteroatoms. The molecular weight excluding hydrogens is 496 g/mol. The molecule has 0 aliphatic carbocycles. The Balaban J connectivity index is 4.26. The van der Waals surface area contributed by atoms with Gasteiger partial charge in [0.1, 0.15) is 0 Å². The van der Waals surface area contributed by atoms with Crippen LogP contribution in [0.3, 0.4) is 0 Å². The lowest BCUT2D eigenvalue weighted by Crippen LogP contribution is -2.03. The monoisotopic (exact) mass is 502 g/mol. The van der Waals surface area contributed by atoms with Gasteiger partial charge in [0.05, 0.1) is 6.61 Å². The van der Waals surface area contributed by atoms with Crippen LogP contribution in [0.25, 0.3) is 0 Å². The summed E-state index contributed by atoms with van der Waals surface area (Å²) in [4.78, 5) is 9.16. The highest BCUT2D eigenvalue weighted by Gasteiger charge is 2.41. The first-order chi connectivity index (χ1) is 4.31. The molecule has 1 N–H and O–H groups in total. The Morgan fingerprint density at radius 3 is 2.10 bits per heavy atom. The van der Waals surface area contributed by atoms with E-state index in [1.165, 1.54) is 0 Å². The Labute approximate surface area is 101 Å². The van der Waals surface area contributed by atoms with E-state index in [2.05, 4.69) is 4.52 Å². The fourth-order valence-electron chi connectivity index (χ4n) is 0.248. The summed E-state index contributed by atoms with van der Waals surface area (Å²) in [7, 11) is -3.42. The van der Waals surface area contributed by atoms with Gasteiger partial charge >= 0.3 is 7.60 Å². The third-order valence-electron chi connectivity index (χ3n) is 0.624. The van der Waals surface area contributed by atoms with Crippen molar-refractivity contribution in [1.82, 2.24) is 0 Å². The molecule has 0 aliphatic heterocycles. The number of alkyl halides is 3. The van der Waals surface area contributed by atoms with Crippen LogP contribution in [-0.4, -0.2) is 10.7 Å². The molecule has 1 unspecified atom stereocenters. The van der Waals surface area contributed by atoms with Gasteiger partial charge in [-0.3, -0.25) is 4.57 Å². The molecule has 0 aromatic heterocycles. The van der Waals surface area contributed by atoms with Crippen LogP contribution < -0.4 is 0 Å². The first kappa shape index (κ1) is 12.3. The highest BCUT2D eigenvalue weighted by atomic mass is 127. The zero-order valence-corrected chi connectivity index (χ0v) is 12.4. The fourth-order valence-corrected chi connectivity index (χ4v) is 2.00. The summed E-state index contributed by atoms with van der Waals surface area (Å²) in [6, 6.07) is 0. The van der Waals surface area contributed by atoms with Gasteiger partial charge in [-0.05, 0) is 74.7 Å². The third kappa shape index (κ3) is 3.83. The lowest BCUT2D eigenvalue weighted by Gasteiger charge is -2.18. The minimum atomic E-state index is -3.42. The summed E-state index contributed by atoms with van der Waals surface area (Å²) < 4.78 is 15.1. The first-order valence-corrected chi connectivity index (χ1v) is 7.17. The van der Waals surface area contributed by atoms with E-state index in [1.807, 2.05) is 67.8 Å². The second-order valence-corrected chi connectivity index (χ2v) is 17.0. The molecule has 0 bridgehead atoms. The van der Waals surface area contributed by atoms with Crippen LogP contribution in [0.5, 0.6) is 0 Å². The molecule has 0 rings (SSSR count). The standard InChI is InChI=1S/C3H6I3O3P/c1-2-9-10(7,8)3(4,5)6/h2H2,1H3,(H,7,8). The molecular formula is C3H6I3O3P. The molecule has 62 valence electrons. The number of rotatable bonds is 3. The summed E-state index contributed by atoms with van der Waals surface area (Å²) in [6.45, 7) is 1.96. The van der Waals surface area contributed by atoms with Gasteiger partial charge in [0.25, 0.3) is 0 Å². The molecule has 0 radical (unpaired) electrons. The van der Waals surface area contributed by atoms with Gasteiger partial charge in [0.15, 0.2) is 0 Å².